The van der Waals surface area contributed by atoms with Gasteiger partial charge in [0.15, 0.2) is 11.5 Å². The molecule has 2 aromatic heterocycles. The van der Waals surface area contributed by atoms with Crippen molar-refractivity contribution in [3.8, 4) is 22.8 Å². The van der Waals surface area contributed by atoms with E-state index in [1.165, 1.54) is 6.42 Å². The van der Waals surface area contributed by atoms with E-state index in [2.05, 4.69) is 25.1 Å². The SMILES string of the molecule is O=C(Nc1ccc(-c2nnc3n2CCCC3)cc1)c1nc(-c2ccccc2)oc1C1CC1. The molecule has 1 fully saturated rings. The summed E-state index contributed by atoms with van der Waals surface area (Å²) < 4.78 is 8.21. The maximum Gasteiger partial charge on any atom is 0.277 e. The Balaban J connectivity index is 1.24. The fraction of sp³-hybridized carbons (Fsp3) is 0.280. The molecule has 1 N–H and O–H groups in total. The number of aryl methyl sites for hydroxylation is 1. The number of nitrogens with zero attached hydrogens (tertiary/aromatic N) is 4. The van der Waals surface area contributed by atoms with E-state index in [0.29, 0.717) is 23.0 Å². The molecule has 0 bridgehead atoms. The number of fused-ring (bicyclic) bond motifs is 1. The molecule has 7 nitrogen and oxygen atoms in total. The lowest BCUT2D eigenvalue weighted by Gasteiger charge is -2.14. The van der Waals surface area contributed by atoms with Crippen LogP contribution >= 0.6 is 0 Å². The maximum absolute atomic E-state index is 13.1. The molecule has 3 heterocycles. The maximum atomic E-state index is 13.1. The van der Waals surface area contributed by atoms with Gasteiger partial charge < -0.3 is 14.3 Å². The van der Waals surface area contributed by atoms with E-state index in [1.54, 1.807) is 0 Å². The molecule has 0 saturated heterocycles. The van der Waals surface area contributed by atoms with E-state index in [4.69, 9.17) is 4.42 Å². The summed E-state index contributed by atoms with van der Waals surface area (Å²) in [4.78, 5) is 17.6. The molecule has 2 aromatic carbocycles. The molecule has 0 spiro atoms. The number of anilines is 1. The molecule has 4 aromatic rings. The Morgan fingerprint density at radius 2 is 1.78 bits per heavy atom. The molecular formula is C25H23N5O2. The van der Waals surface area contributed by atoms with Crippen molar-refractivity contribution in [1.82, 2.24) is 19.7 Å². The normalized spacial score (nSPS) is 15.4. The first kappa shape index (κ1) is 19.0. The highest BCUT2D eigenvalue weighted by molar-refractivity contribution is 6.04. The summed E-state index contributed by atoms with van der Waals surface area (Å²) in [6, 6.07) is 17.4. The monoisotopic (exact) mass is 425 g/mol. The van der Waals surface area contributed by atoms with Gasteiger partial charge in [-0.15, -0.1) is 10.2 Å². The second kappa shape index (κ2) is 7.75. The zero-order chi connectivity index (χ0) is 21.5. The van der Waals surface area contributed by atoms with Gasteiger partial charge in [0.05, 0.1) is 0 Å². The van der Waals surface area contributed by atoms with Crippen LogP contribution in [0.2, 0.25) is 0 Å². The van der Waals surface area contributed by atoms with Crippen molar-refractivity contribution >= 4 is 11.6 Å². The number of carbonyl (C=O) groups excluding carboxylic acids is 1. The van der Waals surface area contributed by atoms with Crippen LogP contribution in [0.25, 0.3) is 22.8 Å². The Labute approximate surface area is 185 Å². The molecule has 6 rings (SSSR count). The van der Waals surface area contributed by atoms with E-state index < -0.39 is 0 Å². The van der Waals surface area contributed by atoms with Gasteiger partial charge in [0.1, 0.15) is 11.6 Å². The molecule has 0 unspecified atom stereocenters. The molecule has 1 saturated carbocycles. The average molecular weight is 425 g/mol. The topological polar surface area (TPSA) is 85.8 Å². The van der Waals surface area contributed by atoms with Crippen LogP contribution in [0.5, 0.6) is 0 Å². The summed E-state index contributed by atoms with van der Waals surface area (Å²) in [6.45, 7) is 0.954. The number of aromatic nitrogens is 4. The third-order valence-electron chi connectivity index (χ3n) is 6.10. The van der Waals surface area contributed by atoms with Gasteiger partial charge in [-0.05, 0) is 62.1 Å². The lowest BCUT2D eigenvalue weighted by atomic mass is 10.1. The lowest BCUT2D eigenvalue weighted by molar-refractivity contribution is 0.102. The van der Waals surface area contributed by atoms with Crippen molar-refractivity contribution in [2.45, 2.75) is 44.6 Å². The second-order valence-corrected chi connectivity index (χ2v) is 8.45. The Kier molecular flexibility index (Phi) is 4.60. The van der Waals surface area contributed by atoms with Crippen LogP contribution in [0, 0.1) is 0 Å². The van der Waals surface area contributed by atoms with Crippen molar-refractivity contribution < 1.29 is 9.21 Å². The largest absolute Gasteiger partial charge is 0.440 e. The van der Waals surface area contributed by atoms with E-state index in [-0.39, 0.29) is 11.8 Å². The zero-order valence-corrected chi connectivity index (χ0v) is 17.6. The third kappa shape index (κ3) is 3.49. The summed E-state index contributed by atoms with van der Waals surface area (Å²) in [7, 11) is 0. The molecule has 0 atom stereocenters. The minimum absolute atomic E-state index is 0.245. The number of benzene rings is 2. The predicted octanol–water partition coefficient (Wildman–Crippen LogP) is 5.07. The fourth-order valence-corrected chi connectivity index (χ4v) is 4.24. The highest BCUT2D eigenvalue weighted by Gasteiger charge is 2.34. The summed E-state index contributed by atoms with van der Waals surface area (Å²) in [5, 5.41) is 11.7. The molecule has 1 aliphatic carbocycles. The van der Waals surface area contributed by atoms with Crippen LogP contribution in [0.15, 0.2) is 59.0 Å². The number of hydrogen-bond donors (Lipinski definition) is 1. The van der Waals surface area contributed by atoms with Crippen molar-refractivity contribution in [2.24, 2.45) is 0 Å². The first-order valence-corrected chi connectivity index (χ1v) is 11.2. The van der Waals surface area contributed by atoms with Crippen molar-refractivity contribution in [3.63, 3.8) is 0 Å². The number of carbonyl (C=O) groups is 1. The molecule has 7 heteroatoms. The van der Waals surface area contributed by atoms with Crippen LogP contribution < -0.4 is 5.32 Å². The van der Waals surface area contributed by atoms with Gasteiger partial charge in [0.25, 0.3) is 5.91 Å². The molecule has 1 amide bonds. The van der Waals surface area contributed by atoms with Crippen LogP contribution in [0.1, 0.15) is 53.7 Å². The lowest BCUT2D eigenvalue weighted by Crippen LogP contribution is -2.14. The number of oxazole rings is 1. The Hall–Kier alpha value is -3.74. The minimum atomic E-state index is -0.245. The number of nitrogens with one attached hydrogen (secondary N) is 1. The molecule has 1 aliphatic heterocycles. The van der Waals surface area contributed by atoms with Gasteiger partial charge in [-0.1, -0.05) is 18.2 Å². The van der Waals surface area contributed by atoms with E-state index >= 15 is 0 Å². The summed E-state index contributed by atoms with van der Waals surface area (Å²) in [6.07, 6.45) is 5.35. The van der Waals surface area contributed by atoms with Gasteiger partial charge in [0, 0.05) is 35.7 Å². The number of rotatable bonds is 5. The molecule has 2 aliphatic rings. The van der Waals surface area contributed by atoms with Gasteiger partial charge in [-0.25, -0.2) is 4.98 Å². The predicted molar refractivity (Wildman–Crippen MR) is 120 cm³/mol. The number of amides is 1. The minimum Gasteiger partial charge on any atom is -0.440 e. The molecular weight excluding hydrogens is 402 g/mol. The second-order valence-electron chi connectivity index (χ2n) is 8.45. The van der Waals surface area contributed by atoms with Crippen LogP contribution in [0.3, 0.4) is 0 Å². The average Bonchev–Trinajstić information content (AvgIpc) is 3.43. The van der Waals surface area contributed by atoms with Gasteiger partial charge in [-0.2, -0.15) is 0 Å². The Morgan fingerprint density at radius 1 is 0.969 bits per heavy atom. The Bertz CT molecular complexity index is 1270. The summed E-state index contributed by atoms with van der Waals surface area (Å²) >= 11 is 0. The van der Waals surface area contributed by atoms with E-state index in [9.17, 15) is 4.79 Å². The zero-order valence-electron chi connectivity index (χ0n) is 17.6. The van der Waals surface area contributed by atoms with Gasteiger partial charge in [0.2, 0.25) is 5.89 Å². The molecule has 32 heavy (non-hydrogen) atoms. The molecule has 160 valence electrons. The summed E-state index contributed by atoms with van der Waals surface area (Å²) in [5.41, 5.74) is 2.95. The van der Waals surface area contributed by atoms with Crippen LogP contribution in [-0.2, 0) is 13.0 Å². The highest BCUT2D eigenvalue weighted by atomic mass is 16.4. The van der Waals surface area contributed by atoms with Crippen molar-refractivity contribution in [1.29, 1.82) is 0 Å². The van der Waals surface area contributed by atoms with E-state index in [1.807, 2.05) is 54.6 Å². The van der Waals surface area contributed by atoms with Crippen molar-refractivity contribution in [3.05, 3.63) is 71.9 Å². The smallest absolute Gasteiger partial charge is 0.277 e. The van der Waals surface area contributed by atoms with E-state index in [0.717, 1.165) is 55.0 Å². The first-order valence-electron chi connectivity index (χ1n) is 11.2. The number of hydrogen-bond acceptors (Lipinski definition) is 5. The van der Waals surface area contributed by atoms with Crippen LogP contribution in [-0.4, -0.2) is 25.7 Å². The first-order chi connectivity index (χ1) is 15.8. The standard InChI is InChI=1S/C25H23N5O2/c31-24(21-22(16-9-10-16)32-25(27-21)18-6-2-1-3-7-18)26-19-13-11-17(12-14-19)23-29-28-20-8-4-5-15-30(20)23/h1-3,6-7,11-14,16H,4-5,8-10,15H2,(H,26,31). The summed E-state index contributed by atoms with van der Waals surface area (Å²) in [5.74, 6) is 3.15. The highest BCUT2D eigenvalue weighted by Crippen LogP contribution is 2.43. The van der Waals surface area contributed by atoms with Crippen molar-refractivity contribution in [2.75, 3.05) is 5.32 Å². The third-order valence-corrected chi connectivity index (χ3v) is 6.10. The Morgan fingerprint density at radius 3 is 2.56 bits per heavy atom. The fourth-order valence-electron chi connectivity index (χ4n) is 4.24. The molecule has 0 radical (unpaired) electrons. The van der Waals surface area contributed by atoms with Gasteiger partial charge in [-0.3, -0.25) is 4.79 Å². The van der Waals surface area contributed by atoms with Crippen LogP contribution in [0.4, 0.5) is 5.69 Å². The van der Waals surface area contributed by atoms with Gasteiger partial charge >= 0.3 is 0 Å². The quantitative estimate of drug-likeness (QED) is 0.483.